The number of nitrogens with zero attached hydrogens (tertiary/aromatic N) is 2. The van der Waals surface area contributed by atoms with E-state index < -0.39 is 10.8 Å². The van der Waals surface area contributed by atoms with E-state index in [0.717, 1.165) is 18.8 Å². The third kappa shape index (κ3) is 4.72. The topological polar surface area (TPSA) is 53.8 Å². The summed E-state index contributed by atoms with van der Waals surface area (Å²) >= 11 is 12.2. The molecule has 1 aliphatic rings. The maximum Gasteiger partial charge on any atom is 0.289 e. The van der Waals surface area contributed by atoms with E-state index in [1.807, 2.05) is 24.3 Å². The van der Waals surface area contributed by atoms with Crippen molar-refractivity contribution < 1.29 is 13.4 Å². The lowest BCUT2D eigenvalue weighted by Crippen LogP contribution is -2.48. The highest BCUT2D eigenvalue weighted by Gasteiger charge is 2.25. The zero-order valence-corrected chi connectivity index (χ0v) is 18.4. The van der Waals surface area contributed by atoms with E-state index in [0.29, 0.717) is 33.8 Å². The van der Waals surface area contributed by atoms with Crippen molar-refractivity contribution in [3.8, 4) is 0 Å². The molecule has 8 heteroatoms. The lowest BCUT2D eigenvalue weighted by molar-refractivity contribution is 0.0713. The molecule has 1 fully saturated rings. The Hall–Kier alpha value is -2.28. The average molecular weight is 463 g/mol. The molecule has 0 N–H and O–H groups in total. The molecule has 1 aliphatic heterocycles. The van der Waals surface area contributed by atoms with Crippen LogP contribution in [-0.2, 0) is 16.6 Å². The maximum atomic E-state index is 12.8. The van der Waals surface area contributed by atoms with E-state index in [4.69, 9.17) is 27.6 Å². The van der Waals surface area contributed by atoms with Crippen LogP contribution in [0.3, 0.4) is 0 Å². The first-order valence-electron chi connectivity index (χ1n) is 9.52. The van der Waals surface area contributed by atoms with E-state index in [1.165, 1.54) is 0 Å². The van der Waals surface area contributed by atoms with Gasteiger partial charge < -0.3 is 14.2 Å². The first-order chi connectivity index (χ1) is 14.5. The zero-order chi connectivity index (χ0) is 21.1. The number of carbonyl (C=O) groups excluding carboxylic acids is 1. The molecule has 0 spiro atoms. The fraction of sp³-hybridized carbons (Fsp3) is 0.227. The summed E-state index contributed by atoms with van der Waals surface area (Å²) < 4.78 is 18.3. The van der Waals surface area contributed by atoms with Crippen LogP contribution in [0.25, 0.3) is 0 Å². The molecule has 2 aromatic carbocycles. The summed E-state index contributed by atoms with van der Waals surface area (Å²) in [6.45, 7) is 2.62. The van der Waals surface area contributed by atoms with Gasteiger partial charge in [0.2, 0.25) is 0 Å². The quantitative estimate of drug-likeness (QED) is 0.543. The molecular weight excluding hydrogens is 443 g/mol. The van der Waals surface area contributed by atoms with Gasteiger partial charge in [-0.25, -0.2) is 0 Å². The van der Waals surface area contributed by atoms with Gasteiger partial charge in [-0.05, 0) is 42.5 Å². The maximum absolute atomic E-state index is 12.8. The third-order valence-corrected chi connectivity index (χ3v) is 7.04. The predicted octanol–water partition coefficient (Wildman–Crippen LogP) is 4.86. The summed E-state index contributed by atoms with van der Waals surface area (Å²) in [7, 11) is -1.35. The summed E-state index contributed by atoms with van der Waals surface area (Å²) in [5.74, 6) is 0.765. The van der Waals surface area contributed by atoms with Gasteiger partial charge in [0.25, 0.3) is 5.91 Å². The van der Waals surface area contributed by atoms with Crippen molar-refractivity contribution >= 4 is 45.6 Å². The van der Waals surface area contributed by atoms with Crippen LogP contribution in [0.5, 0.6) is 0 Å². The predicted molar refractivity (Wildman–Crippen MR) is 120 cm³/mol. The Labute approximate surface area is 187 Å². The van der Waals surface area contributed by atoms with E-state index in [-0.39, 0.29) is 17.4 Å². The third-order valence-electron chi connectivity index (χ3n) is 4.97. The standard InChI is InChI=1S/C22H20Cl2N2O3S/c23-16-4-3-5-17(14-16)25-10-12-26(13-11-25)22(27)20-9-8-18(29-20)15-30(28)21-7-2-1-6-19(21)24/h1-9,14H,10-13,15H2/t30-/m0/s1. The normalized spacial score (nSPS) is 15.3. The molecule has 1 amide bonds. The molecular formula is C22H20Cl2N2O3S. The SMILES string of the molecule is O=C(c1ccc(C[S@](=O)c2ccccc2Cl)o1)N1CCN(c2cccc(Cl)c2)CC1. The van der Waals surface area contributed by atoms with Crippen LogP contribution in [0.4, 0.5) is 5.69 Å². The van der Waals surface area contributed by atoms with E-state index >= 15 is 0 Å². The summed E-state index contributed by atoms with van der Waals surface area (Å²) in [5, 5.41) is 1.15. The highest BCUT2D eigenvalue weighted by molar-refractivity contribution is 7.84. The second-order valence-corrected chi connectivity index (χ2v) is 9.21. The molecule has 0 bridgehead atoms. The van der Waals surface area contributed by atoms with Gasteiger partial charge in [-0.3, -0.25) is 9.00 Å². The minimum Gasteiger partial charge on any atom is -0.455 e. The van der Waals surface area contributed by atoms with Crippen molar-refractivity contribution in [3.63, 3.8) is 0 Å². The number of rotatable bonds is 5. The minimum absolute atomic E-state index is 0.157. The fourth-order valence-electron chi connectivity index (χ4n) is 3.40. The van der Waals surface area contributed by atoms with Gasteiger partial charge in [-0.15, -0.1) is 0 Å². The Morgan fingerprint density at radius 1 is 0.967 bits per heavy atom. The second kappa shape index (κ2) is 9.25. The van der Waals surface area contributed by atoms with Crippen LogP contribution < -0.4 is 4.90 Å². The van der Waals surface area contributed by atoms with Gasteiger partial charge in [-0.1, -0.05) is 41.4 Å². The highest BCUT2D eigenvalue weighted by atomic mass is 35.5. The number of carbonyl (C=O) groups is 1. The van der Waals surface area contributed by atoms with Crippen LogP contribution in [0.2, 0.25) is 10.0 Å². The van der Waals surface area contributed by atoms with Crippen LogP contribution in [0.15, 0.2) is 70.0 Å². The Morgan fingerprint density at radius 2 is 1.73 bits per heavy atom. The van der Waals surface area contributed by atoms with Crippen molar-refractivity contribution in [2.45, 2.75) is 10.6 Å². The first kappa shape index (κ1) is 21.0. The van der Waals surface area contributed by atoms with Gasteiger partial charge in [0.1, 0.15) is 5.76 Å². The molecule has 5 nitrogen and oxygen atoms in total. The molecule has 0 saturated carbocycles. The van der Waals surface area contributed by atoms with Crippen molar-refractivity contribution in [3.05, 3.63) is 82.2 Å². The Morgan fingerprint density at radius 3 is 2.47 bits per heavy atom. The van der Waals surface area contributed by atoms with Crippen molar-refractivity contribution in [1.29, 1.82) is 0 Å². The highest BCUT2D eigenvalue weighted by Crippen LogP contribution is 2.24. The monoisotopic (exact) mass is 462 g/mol. The molecule has 0 unspecified atom stereocenters. The Kier molecular flexibility index (Phi) is 6.46. The lowest BCUT2D eigenvalue weighted by atomic mass is 10.2. The van der Waals surface area contributed by atoms with Gasteiger partial charge >= 0.3 is 0 Å². The molecule has 1 aromatic heterocycles. The lowest BCUT2D eigenvalue weighted by Gasteiger charge is -2.35. The van der Waals surface area contributed by atoms with Crippen molar-refractivity contribution in [2.75, 3.05) is 31.1 Å². The number of halogens is 2. The minimum atomic E-state index is -1.35. The van der Waals surface area contributed by atoms with Crippen LogP contribution >= 0.6 is 23.2 Å². The number of anilines is 1. The summed E-state index contributed by atoms with van der Waals surface area (Å²) in [5.41, 5.74) is 1.05. The van der Waals surface area contributed by atoms with Crippen molar-refractivity contribution in [1.82, 2.24) is 4.90 Å². The van der Waals surface area contributed by atoms with Crippen LogP contribution in [-0.4, -0.2) is 41.2 Å². The summed E-state index contributed by atoms with van der Waals surface area (Å²) in [4.78, 5) is 17.3. The molecule has 1 saturated heterocycles. The van der Waals surface area contributed by atoms with Crippen molar-refractivity contribution in [2.24, 2.45) is 0 Å². The summed E-state index contributed by atoms with van der Waals surface area (Å²) in [6, 6.07) is 18.1. The van der Waals surface area contributed by atoms with Crippen LogP contribution in [0, 0.1) is 0 Å². The number of furan rings is 1. The molecule has 2 heterocycles. The Balaban J connectivity index is 1.36. The van der Waals surface area contributed by atoms with E-state index in [1.54, 1.807) is 41.3 Å². The zero-order valence-electron chi connectivity index (χ0n) is 16.1. The molecule has 1 atom stereocenters. The number of hydrogen-bond acceptors (Lipinski definition) is 4. The largest absolute Gasteiger partial charge is 0.455 e. The van der Waals surface area contributed by atoms with Gasteiger partial charge in [0, 0.05) is 36.9 Å². The van der Waals surface area contributed by atoms with Gasteiger partial charge in [-0.2, -0.15) is 0 Å². The first-order valence-corrected chi connectivity index (χ1v) is 11.6. The van der Waals surface area contributed by atoms with E-state index in [2.05, 4.69) is 4.90 Å². The number of piperazine rings is 1. The molecule has 3 aromatic rings. The molecule has 0 aliphatic carbocycles. The molecule has 156 valence electrons. The summed E-state index contributed by atoms with van der Waals surface area (Å²) in [6.07, 6.45) is 0. The van der Waals surface area contributed by atoms with Gasteiger partial charge in [0.05, 0.1) is 26.5 Å². The Bertz CT molecular complexity index is 1080. The van der Waals surface area contributed by atoms with Gasteiger partial charge in [0.15, 0.2) is 5.76 Å². The smallest absolute Gasteiger partial charge is 0.289 e. The molecule has 0 radical (unpaired) electrons. The van der Waals surface area contributed by atoms with E-state index in [9.17, 15) is 9.00 Å². The van der Waals surface area contributed by atoms with Crippen LogP contribution in [0.1, 0.15) is 16.3 Å². The number of amides is 1. The second-order valence-electron chi connectivity index (χ2n) is 6.95. The number of hydrogen-bond donors (Lipinski definition) is 0. The fourth-order valence-corrected chi connectivity index (χ4v) is 5.07. The molecule has 30 heavy (non-hydrogen) atoms. The molecule has 4 rings (SSSR count). The number of benzene rings is 2. The average Bonchev–Trinajstić information content (AvgIpc) is 3.22.